The van der Waals surface area contributed by atoms with Crippen LogP contribution in [0.25, 0.3) is 0 Å². The van der Waals surface area contributed by atoms with Gasteiger partial charge in [-0.3, -0.25) is 0 Å². The maximum absolute atomic E-state index is 5.63. The summed E-state index contributed by atoms with van der Waals surface area (Å²) in [5, 5.41) is 3.35. The van der Waals surface area contributed by atoms with Crippen LogP contribution in [0, 0.1) is 5.92 Å². The van der Waals surface area contributed by atoms with Crippen LogP contribution in [0.2, 0.25) is 0 Å². The minimum Gasteiger partial charge on any atom is -0.493 e. The molecule has 1 aromatic heterocycles. The smallest absolute Gasteiger partial charge is 0.322 e. The van der Waals surface area contributed by atoms with E-state index in [2.05, 4.69) is 29.1 Å². The summed E-state index contributed by atoms with van der Waals surface area (Å²) in [5.41, 5.74) is 1.03. The van der Waals surface area contributed by atoms with Gasteiger partial charge in [0.15, 0.2) is 11.5 Å². The summed E-state index contributed by atoms with van der Waals surface area (Å²) < 4.78 is 10.9. The predicted molar refractivity (Wildman–Crippen MR) is 81.6 cm³/mol. The molecule has 0 aliphatic rings. The number of nitrogens with zero attached hydrogens (tertiary/aromatic N) is 2. The standard InChI is InChI=1S/C16H21N3O2/c1-12(2)8-17-9-13-10-18-16(19-11-13)21-15-7-5-4-6-14(15)20-3/h4-7,10-12,17H,8-9H2,1-3H3. The third kappa shape index (κ3) is 4.72. The van der Waals surface area contributed by atoms with Crippen LogP contribution in [-0.2, 0) is 6.54 Å². The van der Waals surface area contributed by atoms with E-state index < -0.39 is 0 Å². The quantitative estimate of drug-likeness (QED) is 0.848. The molecule has 5 nitrogen and oxygen atoms in total. The van der Waals surface area contributed by atoms with E-state index >= 15 is 0 Å². The van der Waals surface area contributed by atoms with Gasteiger partial charge in [0, 0.05) is 24.5 Å². The molecule has 1 heterocycles. The van der Waals surface area contributed by atoms with Crippen LogP contribution in [0.15, 0.2) is 36.7 Å². The highest BCUT2D eigenvalue weighted by atomic mass is 16.5. The number of nitrogens with one attached hydrogen (secondary N) is 1. The monoisotopic (exact) mass is 287 g/mol. The van der Waals surface area contributed by atoms with Gasteiger partial charge in [-0.05, 0) is 24.6 Å². The fourth-order valence-corrected chi connectivity index (χ4v) is 1.79. The maximum atomic E-state index is 5.63. The molecule has 5 heteroatoms. The Balaban J connectivity index is 1.96. The second-order valence-corrected chi connectivity index (χ2v) is 5.15. The summed E-state index contributed by atoms with van der Waals surface area (Å²) in [4.78, 5) is 8.44. The molecule has 0 atom stereocenters. The Morgan fingerprint density at radius 2 is 1.76 bits per heavy atom. The Kier molecular flexibility index (Phi) is 5.51. The van der Waals surface area contributed by atoms with Gasteiger partial charge in [0.1, 0.15) is 0 Å². The van der Waals surface area contributed by atoms with Crippen molar-refractivity contribution in [1.29, 1.82) is 0 Å². The molecule has 2 aromatic rings. The summed E-state index contributed by atoms with van der Waals surface area (Å²) >= 11 is 0. The van der Waals surface area contributed by atoms with E-state index in [1.54, 1.807) is 19.5 Å². The van der Waals surface area contributed by atoms with Gasteiger partial charge in [0.2, 0.25) is 0 Å². The molecule has 0 saturated heterocycles. The molecule has 21 heavy (non-hydrogen) atoms. The molecule has 2 rings (SSSR count). The van der Waals surface area contributed by atoms with Crippen molar-refractivity contribution in [3.05, 3.63) is 42.2 Å². The number of hydrogen-bond acceptors (Lipinski definition) is 5. The Bertz CT molecular complexity index is 556. The van der Waals surface area contributed by atoms with Crippen molar-refractivity contribution in [3.8, 4) is 17.5 Å². The van der Waals surface area contributed by atoms with Gasteiger partial charge in [-0.25, -0.2) is 9.97 Å². The zero-order valence-corrected chi connectivity index (χ0v) is 12.7. The molecule has 0 aliphatic heterocycles. The largest absolute Gasteiger partial charge is 0.493 e. The number of aromatic nitrogens is 2. The third-order valence-electron chi connectivity index (χ3n) is 2.83. The maximum Gasteiger partial charge on any atom is 0.322 e. The van der Waals surface area contributed by atoms with E-state index in [0.29, 0.717) is 23.4 Å². The van der Waals surface area contributed by atoms with Crippen LogP contribution in [0.4, 0.5) is 0 Å². The minimum absolute atomic E-state index is 0.312. The number of hydrogen-bond donors (Lipinski definition) is 1. The number of ether oxygens (including phenoxy) is 2. The van der Waals surface area contributed by atoms with Crippen LogP contribution in [0.3, 0.4) is 0 Å². The first-order valence-electron chi connectivity index (χ1n) is 7.01. The van der Waals surface area contributed by atoms with Crippen LogP contribution < -0.4 is 14.8 Å². The van der Waals surface area contributed by atoms with Crippen molar-refractivity contribution in [2.75, 3.05) is 13.7 Å². The zero-order chi connectivity index (χ0) is 15.1. The SMILES string of the molecule is COc1ccccc1Oc1ncc(CNCC(C)C)cn1. The fourth-order valence-electron chi connectivity index (χ4n) is 1.79. The Hall–Kier alpha value is -2.14. The Morgan fingerprint density at radius 1 is 1.10 bits per heavy atom. The third-order valence-corrected chi connectivity index (χ3v) is 2.83. The molecule has 0 fully saturated rings. The van der Waals surface area contributed by atoms with Gasteiger partial charge >= 0.3 is 6.01 Å². The van der Waals surface area contributed by atoms with E-state index in [1.807, 2.05) is 24.3 Å². The van der Waals surface area contributed by atoms with Crippen LogP contribution in [0.1, 0.15) is 19.4 Å². The van der Waals surface area contributed by atoms with Crippen molar-refractivity contribution in [2.45, 2.75) is 20.4 Å². The fraction of sp³-hybridized carbons (Fsp3) is 0.375. The van der Waals surface area contributed by atoms with E-state index in [9.17, 15) is 0 Å². The normalized spacial score (nSPS) is 10.7. The van der Waals surface area contributed by atoms with Crippen LogP contribution in [-0.4, -0.2) is 23.6 Å². The number of rotatable bonds is 7. The lowest BCUT2D eigenvalue weighted by Crippen LogP contribution is -2.19. The van der Waals surface area contributed by atoms with Crippen LogP contribution in [0.5, 0.6) is 17.5 Å². The molecular weight excluding hydrogens is 266 g/mol. The molecule has 0 saturated carbocycles. The molecule has 0 unspecified atom stereocenters. The lowest BCUT2D eigenvalue weighted by Gasteiger charge is -2.09. The highest BCUT2D eigenvalue weighted by molar-refractivity contribution is 5.40. The second-order valence-electron chi connectivity index (χ2n) is 5.15. The molecule has 0 aliphatic carbocycles. The predicted octanol–water partition coefficient (Wildman–Crippen LogP) is 3.02. The highest BCUT2D eigenvalue weighted by Crippen LogP contribution is 2.28. The van der Waals surface area contributed by atoms with Gasteiger partial charge in [0.05, 0.1) is 7.11 Å². The van der Waals surface area contributed by atoms with Crippen molar-refractivity contribution < 1.29 is 9.47 Å². The average Bonchev–Trinajstić information content (AvgIpc) is 2.49. The van der Waals surface area contributed by atoms with E-state index in [0.717, 1.165) is 18.7 Å². The van der Waals surface area contributed by atoms with Gasteiger partial charge in [-0.1, -0.05) is 26.0 Å². The minimum atomic E-state index is 0.312. The average molecular weight is 287 g/mol. The first-order valence-corrected chi connectivity index (χ1v) is 7.01. The summed E-state index contributed by atoms with van der Waals surface area (Å²) in [6.45, 7) is 6.08. The molecule has 112 valence electrons. The summed E-state index contributed by atoms with van der Waals surface area (Å²) in [6, 6.07) is 7.73. The number of benzene rings is 1. The van der Waals surface area contributed by atoms with E-state index in [1.165, 1.54) is 0 Å². The number of methoxy groups -OCH3 is 1. The van der Waals surface area contributed by atoms with Crippen molar-refractivity contribution in [3.63, 3.8) is 0 Å². The highest BCUT2D eigenvalue weighted by Gasteiger charge is 2.06. The Morgan fingerprint density at radius 3 is 2.38 bits per heavy atom. The molecular formula is C16H21N3O2. The molecule has 1 aromatic carbocycles. The molecule has 0 spiro atoms. The summed E-state index contributed by atoms with van der Waals surface area (Å²) in [5.74, 6) is 1.88. The van der Waals surface area contributed by atoms with Crippen LogP contribution >= 0.6 is 0 Å². The second kappa shape index (κ2) is 7.59. The molecule has 0 bridgehead atoms. The zero-order valence-electron chi connectivity index (χ0n) is 12.7. The van der Waals surface area contributed by atoms with Crippen molar-refractivity contribution in [2.24, 2.45) is 5.92 Å². The van der Waals surface area contributed by atoms with Crippen molar-refractivity contribution >= 4 is 0 Å². The van der Waals surface area contributed by atoms with Gasteiger partial charge in [-0.15, -0.1) is 0 Å². The first-order chi connectivity index (χ1) is 10.2. The van der Waals surface area contributed by atoms with Gasteiger partial charge in [0.25, 0.3) is 0 Å². The summed E-state index contributed by atoms with van der Waals surface area (Å²) in [6.07, 6.45) is 3.54. The summed E-state index contributed by atoms with van der Waals surface area (Å²) in [7, 11) is 1.60. The Labute approximate surface area is 125 Å². The number of para-hydroxylation sites is 2. The lowest BCUT2D eigenvalue weighted by molar-refractivity contribution is 0.367. The van der Waals surface area contributed by atoms with Gasteiger partial charge in [-0.2, -0.15) is 0 Å². The topological polar surface area (TPSA) is 56.3 Å². The van der Waals surface area contributed by atoms with E-state index in [-0.39, 0.29) is 0 Å². The molecule has 1 N–H and O–H groups in total. The van der Waals surface area contributed by atoms with Crippen molar-refractivity contribution in [1.82, 2.24) is 15.3 Å². The first kappa shape index (κ1) is 15.3. The molecule has 0 amide bonds. The lowest BCUT2D eigenvalue weighted by atomic mass is 10.2. The molecule has 0 radical (unpaired) electrons. The van der Waals surface area contributed by atoms with E-state index in [4.69, 9.17) is 9.47 Å². The van der Waals surface area contributed by atoms with Gasteiger partial charge < -0.3 is 14.8 Å².